The lowest BCUT2D eigenvalue weighted by Crippen LogP contribution is -2.49. The topological polar surface area (TPSA) is 151 Å². The average molecular weight is 571 g/mol. The van der Waals surface area contributed by atoms with Crippen LogP contribution in [0.4, 0.5) is 5.82 Å². The van der Waals surface area contributed by atoms with E-state index in [1.807, 2.05) is 16.7 Å². The fraction of sp³-hybridized carbons (Fsp3) is 0.400. The molecule has 2 aliphatic rings. The number of benzene rings is 1. The van der Waals surface area contributed by atoms with Gasteiger partial charge < -0.3 is 19.9 Å². The molecule has 3 aromatic rings. The number of anilines is 1. The first-order valence-electron chi connectivity index (χ1n) is 14.2. The van der Waals surface area contributed by atoms with Crippen molar-refractivity contribution < 1.29 is 19.1 Å². The Morgan fingerprint density at radius 3 is 2.33 bits per heavy atom. The molecule has 1 saturated heterocycles. The number of unbranched alkanes of at least 4 members (excludes halogenated alkanes) is 1. The molecule has 0 unspecified atom stereocenters. The lowest BCUT2D eigenvalue weighted by Gasteiger charge is -2.35. The first-order valence-corrected chi connectivity index (χ1v) is 14.2. The van der Waals surface area contributed by atoms with Crippen LogP contribution in [0.15, 0.2) is 42.5 Å². The van der Waals surface area contributed by atoms with Gasteiger partial charge in [0, 0.05) is 57.8 Å². The zero-order valence-corrected chi connectivity index (χ0v) is 23.7. The number of amides is 3. The number of hydrogen-bond acceptors (Lipinski definition) is 9. The third-order valence-corrected chi connectivity index (χ3v) is 7.55. The van der Waals surface area contributed by atoms with E-state index in [1.165, 1.54) is 12.2 Å². The second kappa shape index (κ2) is 12.8. The number of nitrogens with two attached hydrogens (primary N) is 1. The van der Waals surface area contributed by atoms with Crippen molar-refractivity contribution in [2.75, 3.05) is 45.1 Å². The van der Waals surface area contributed by atoms with Gasteiger partial charge in [-0.15, -0.1) is 0 Å². The number of carbonyl (C=O) groups excluding carboxylic acids is 3. The summed E-state index contributed by atoms with van der Waals surface area (Å²) in [5.74, 6) is -0.493. The average Bonchev–Trinajstić information content (AvgIpc) is 3.51. The smallest absolute Gasteiger partial charge is 0.320 e. The van der Waals surface area contributed by atoms with Crippen molar-refractivity contribution in [2.24, 2.45) is 0 Å². The number of piperazine rings is 1. The Bertz CT molecular complexity index is 1530. The van der Waals surface area contributed by atoms with Gasteiger partial charge in [-0.3, -0.25) is 24.2 Å². The maximum absolute atomic E-state index is 12.6. The quantitative estimate of drug-likeness (QED) is 0.270. The van der Waals surface area contributed by atoms with Crippen LogP contribution in [0.25, 0.3) is 11.0 Å². The van der Waals surface area contributed by atoms with Gasteiger partial charge in [0.25, 0.3) is 11.8 Å². The fourth-order valence-corrected chi connectivity index (χ4v) is 5.11. The summed E-state index contributed by atoms with van der Waals surface area (Å²) in [6.45, 7) is 6.56. The van der Waals surface area contributed by atoms with Gasteiger partial charge in [-0.1, -0.05) is 37.6 Å². The van der Waals surface area contributed by atoms with E-state index in [0.29, 0.717) is 43.0 Å². The molecule has 0 spiro atoms. The largest absolute Gasteiger partial charge is 0.463 e. The highest BCUT2D eigenvalue weighted by molar-refractivity contribution is 6.13. The van der Waals surface area contributed by atoms with Crippen LogP contribution in [0.5, 0.6) is 6.01 Å². The molecule has 4 heterocycles. The molecule has 0 bridgehead atoms. The van der Waals surface area contributed by atoms with Crippen molar-refractivity contribution in [1.82, 2.24) is 29.2 Å². The van der Waals surface area contributed by atoms with Gasteiger partial charge in [0.05, 0.1) is 18.5 Å². The minimum Gasteiger partial charge on any atom is -0.463 e. The second-order valence-corrected chi connectivity index (χ2v) is 10.4. The molecule has 3 amide bonds. The lowest BCUT2D eigenvalue weighted by atomic mass is 10.1. The van der Waals surface area contributed by atoms with Crippen LogP contribution in [0.2, 0.25) is 0 Å². The van der Waals surface area contributed by atoms with Crippen molar-refractivity contribution in [1.29, 1.82) is 5.26 Å². The Labute approximate surface area is 244 Å². The summed E-state index contributed by atoms with van der Waals surface area (Å²) >= 11 is 0. The summed E-state index contributed by atoms with van der Waals surface area (Å²) in [7, 11) is 0. The van der Waals surface area contributed by atoms with Gasteiger partial charge in [-0.05, 0) is 23.6 Å². The Balaban J connectivity index is 1.16. The van der Waals surface area contributed by atoms with Crippen LogP contribution in [0.1, 0.15) is 43.0 Å². The van der Waals surface area contributed by atoms with Crippen molar-refractivity contribution in [3.8, 4) is 12.1 Å². The van der Waals surface area contributed by atoms with Crippen LogP contribution >= 0.6 is 0 Å². The van der Waals surface area contributed by atoms with Crippen LogP contribution in [-0.4, -0.2) is 86.3 Å². The van der Waals surface area contributed by atoms with E-state index in [9.17, 15) is 19.6 Å². The zero-order valence-electron chi connectivity index (χ0n) is 23.7. The number of imide groups is 1. The van der Waals surface area contributed by atoms with E-state index in [4.69, 9.17) is 10.5 Å². The van der Waals surface area contributed by atoms with E-state index in [0.717, 1.165) is 48.5 Å². The number of rotatable bonds is 11. The van der Waals surface area contributed by atoms with Crippen molar-refractivity contribution in [2.45, 2.75) is 39.3 Å². The summed E-state index contributed by atoms with van der Waals surface area (Å²) in [5, 5.41) is 10.4. The molecule has 2 N–H and O–H groups in total. The normalized spacial score (nSPS) is 15.5. The maximum Gasteiger partial charge on any atom is 0.320 e. The summed E-state index contributed by atoms with van der Waals surface area (Å²) in [5.41, 5.74) is 9.34. The summed E-state index contributed by atoms with van der Waals surface area (Å²) < 4.78 is 7.51. The van der Waals surface area contributed by atoms with Crippen LogP contribution in [0.3, 0.4) is 0 Å². The fourth-order valence-electron chi connectivity index (χ4n) is 5.11. The molecule has 2 aromatic heterocycles. The van der Waals surface area contributed by atoms with Crippen molar-refractivity contribution in [3.05, 3.63) is 59.3 Å². The molecule has 2 aliphatic heterocycles. The Hall–Kier alpha value is -4.76. The third-order valence-electron chi connectivity index (χ3n) is 7.55. The van der Waals surface area contributed by atoms with E-state index in [2.05, 4.69) is 40.0 Å². The SMILES string of the molecule is CCCCOc1nc(N)c2cc(C#N)n(Cc3ccc(CN4CCN(C(=O)CCN5C(=O)C=CC5=O)CC4)cc3)c2n1. The molecule has 42 heavy (non-hydrogen) atoms. The monoisotopic (exact) mass is 570 g/mol. The summed E-state index contributed by atoms with van der Waals surface area (Å²) in [4.78, 5) is 50.0. The predicted molar refractivity (Wildman–Crippen MR) is 155 cm³/mol. The van der Waals surface area contributed by atoms with Crippen LogP contribution in [-0.2, 0) is 27.5 Å². The lowest BCUT2D eigenvalue weighted by molar-refractivity contribution is -0.138. The summed E-state index contributed by atoms with van der Waals surface area (Å²) in [6, 6.07) is 12.4. The molecule has 1 aromatic carbocycles. The van der Waals surface area contributed by atoms with E-state index in [-0.39, 0.29) is 42.5 Å². The van der Waals surface area contributed by atoms with Gasteiger partial charge in [0.1, 0.15) is 17.6 Å². The highest BCUT2D eigenvalue weighted by Gasteiger charge is 2.26. The molecule has 12 nitrogen and oxygen atoms in total. The Morgan fingerprint density at radius 1 is 1.02 bits per heavy atom. The number of fused-ring (bicyclic) bond motifs is 1. The van der Waals surface area contributed by atoms with Crippen molar-refractivity contribution in [3.63, 3.8) is 0 Å². The maximum atomic E-state index is 12.6. The molecule has 0 atom stereocenters. The highest BCUT2D eigenvalue weighted by atomic mass is 16.5. The number of carbonyl (C=O) groups is 3. The van der Waals surface area contributed by atoms with Gasteiger partial charge in [-0.2, -0.15) is 15.2 Å². The second-order valence-electron chi connectivity index (χ2n) is 10.4. The van der Waals surface area contributed by atoms with Gasteiger partial charge >= 0.3 is 6.01 Å². The van der Waals surface area contributed by atoms with E-state index >= 15 is 0 Å². The minimum absolute atomic E-state index is 0.0487. The molecule has 12 heteroatoms. The Kier molecular flexibility index (Phi) is 8.78. The molecule has 0 radical (unpaired) electrons. The van der Waals surface area contributed by atoms with E-state index < -0.39 is 0 Å². The zero-order chi connectivity index (χ0) is 29.6. The molecule has 0 aliphatic carbocycles. The van der Waals surface area contributed by atoms with Crippen molar-refractivity contribution >= 4 is 34.6 Å². The first-order chi connectivity index (χ1) is 20.4. The molecular weight excluding hydrogens is 536 g/mol. The molecule has 0 saturated carbocycles. The number of nitriles is 1. The third kappa shape index (κ3) is 6.42. The molecule has 5 rings (SSSR count). The van der Waals surface area contributed by atoms with Crippen LogP contribution < -0.4 is 10.5 Å². The number of ether oxygens (including phenoxy) is 1. The van der Waals surface area contributed by atoms with Gasteiger partial charge in [-0.25, -0.2) is 0 Å². The standard InChI is InChI=1S/C30H34N8O4/c1-2-3-16-42-30-33-28(32)24-17-23(18-31)38(29(24)34-30)20-22-6-4-21(5-7-22)19-35-12-14-36(15-13-35)25(39)10-11-37-26(40)8-9-27(37)41/h4-9,17H,2-3,10-16,19-20H2,1H3,(H2,32,33,34). The van der Waals surface area contributed by atoms with E-state index in [1.54, 1.807) is 11.0 Å². The Morgan fingerprint density at radius 2 is 1.69 bits per heavy atom. The van der Waals surface area contributed by atoms with Gasteiger partial charge in [0.2, 0.25) is 5.91 Å². The molecule has 218 valence electrons. The number of nitrogen functional groups attached to an aromatic ring is 1. The van der Waals surface area contributed by atoms with Crippen LogP contribution in [0, 0.1) is 11.3 Å². The number of aromatic nitrogens is 3. The molecule has 1 fully saturated rings. The summed E-state index contributed by atoms with van der Waals surface area (Å²) in [6.07, 6.45) is 4.47. The molecular formula is C30H34N8O4. The highest BCUT2D eigenvalue weighted by Crippen LogP contribution is 2.26. The minimum atomic E-state index is -0.365. The predicted octanol–water partition coefficient (Wildman–Crippen LogP) is 2.07. The van der Waals surface area contributed by atoms with Gasteiger partial charge in [0.15, 0.2) is 5.65 Å². The number of nitrogens with zero attached hydrogens (tertiary/aromatic N) is 7. The number of hydrogen-bond donors (Lipinski definition) is 1. The first kappa shape index (κ1) is 28.8.